The lowest BCUT2D eigenvalue weighted by Crippen LogP contribution is -2.62. The Morgan fingerprint density at radius 2 is 1.32 bits per heavy atom. The monoisotopic (exact) mass is 661 g/mol. The van der Waals surface area contributed by atoms with E-state index in [0.29, 0.717) is 42.6 Å². The van der Waals surface area contributed by atoms with Gasteiger partial charge in [-0.2, -0.15) is 0 Å². The number of fused-ring (bicyclic) bond motifs is 5. The van der Waals surface area contributed by atoms with Gasteiger partial charge in [0.05, 0.1) is 24.9 Å². The standard InChI is InChI=1S/C42H76O5/c1-5-6-7-8-9-10-11-12-13-14-15-16-17-18-19-20-27-47-39(46)24-21-31(2)34-22-23-35-40-36(30-38(45)42(34,35)4)41(3)26-25-33(43)28-32(41)29-37(40)44/h31-38,40,43-45H,5-30H2,1-4H3. The predicted molar refractivity (Wildman–Crippen MR) is 193 cm³/mol. The summed E-state index contributed by atoms with van der Waals surface area (Å²) < 4.78 is 5.64. The van der Waals surface area contributed by atoms with Crippen LogP contribution >= 0.6 is 0 Å². The summed E-state index contributed by atoms with van der Waals surface area (Å²) in [5, 5.41) is 33.7. The van der Waals surface area contributed by atoms with E-state index in [9.17, 15) is 20.1 Å². The van der Waals surface area contributed by atoms with Crippen molar-refractivity contribution >= 4 is 5.97 Å². The van der Waals surface area contributed by atoms with Crippen molar-refractivity contribution in [1.82, 2.24) is 0 Å². The molecule has 0 aliphatic heterocycles. The number of hydrogen-bond acceptors (Lipinski definition) is 5. The molecule has 3 N–H and O–H groups in total. The summed E-state index contributed by atoms with van der Waals surface area (Å²) in [7, 11) is 0. The highest BCUT2D eigenvalue weighted by atomic mass is 16.5. The molecule has 0 aromatic carbocycles. The lowest BCUT2D eigenvalue weighted by atomic mass is 9.43. The number of carbonyl (C=O) groups excluding carboxylic acids is 1. The van der Waals surface area contributed by atoms with Gasteiger partial charge in [0.1, 0.15) is 0 Å². The number of carbonyl (C=O) groups is 1. The molecule has 0 spiro atoms. The molecule has 4 fully saturated rings. The van der Waals surface area contributed by atoms with Gasteiger partial charge in [-0.05, 0) is 104 Å². The van der Waals surface area contributed by atoms with E-state index in [-0.39, 0.29) is 41.0 Å². The third-order valence-corrected chi connectivity index (χ3v) is 14.6. The largest absolute Gasteiger partial charge is 0.466 e. The van der Waals surface area contributed by atoms with Crippen LogP contribution in [-0.4, -0.2) is 46.2 Å². The molecule has 0 aromatic rings. The van der Waals surface area contributed by atoms with E-state index in [4.69, 9.17) is 4.74 Å². The summed E-state index contributed by atoms with van der Waals surface area (Å²) in [4.78, 5) is 12.7. The lowest BCUT2D eigenvalue weighted by molar-refractivity contribution is -0.207. The second-order valence-electron chi connectivity index (χ2n) is 17.6. The number of unbranched alkanes of at least 4 members (excludes halogenated alkanes) is 15. The van der Waals surface area contributed by atoms with Crippen LogP contribution in [0.3, 0.4) is 0 Å². The predicted octanol–water partition coefficient (Wildman–Crippen LogP) is 10.2. The van der Waals surface area contributed by atoms with Gasteiger partial charge in [0, 0.05) is 6.42 Å². The first kappa shape index (κ1) is 39.1. The Balaban J connectivity index is 1.07. The molecule has 0 amide bonds. The number of aliphatic hydroxyl groups is 3. The fourth-order valence-corrected chi connectivity index (χ4v) is 11.6. The van der Waals surface area contributed by atoms with Crippen molar-refractivity contribution in [2.24, 2.45) is 46.3 Å². The molecule has 0 aromatic heterocycles. The van der Waals surface area contributed by atoms with Gasteiger partial charge in [-0.25, -0.2) is 0 Å². The Kier molecular flexibility index (Phi) is 15.9. The minimum atomic E-state index is -0.375. The molecular weight excluding hydrogens is 584 g/mol. The number of esters is 1. The highest BCUT2D eigenvalue weighted by molar-refractivity contribution is 5.69. The van der Waals surface area contributed by atoms with E-state index in [1.807, 2.05) is 0 Å². The first-order valence-corrected chi connectivity index (χ1v) is 20.8. The van der Waals surface area contributed by atoms with Gasteiger partial charge in [-0.1, -0.05) is 124 Å². The van der Waals surface area contributed by atoms with Crippen LogP contribution in [0.1, 0.15) is 188 Å². The van der Waals surface area contributed by atoms with Crippen molar-refractivity contribution in [2.75, 3.05) is 6.61 Å². The number of hydrogen-bond donors (Lipinski definition) is 3. The number of aliphatic hydroxyl groups excluding tert-OH is 3. The van der Waals surface area contributed by atoms with E-state index in [2.05, 4.69) is 27.7 Å². The molecule has 4 saturated carbocycles. The Bertz CT molecular complexity index is 907. The van der Waals surface area contributed by atoms with Gasteiger partial charge >= 0.3 is 5.97 Å². The van der Waals surface area contributed by atoms with Crippen LogP contribution in [0.15, 0.2) is 0 Å². The minimum Gasteiger partial charge on any atom is -0.466 e. The zero-order chi connectivity index (χ0) is 33.9. The second kappa shape index (κ2) is 19.1. The quantitative estimate of drug-likeness (QED) is 0.0843. The lowest BCUT2D eigenvalue weighted by Gasteiger charge is -2.63. The van der Waals surface area contributed by atoms with Crippen LogP contribution in [0.4, 0.5) is 0 Å². The molecule has 274 valence electrons. The molecule has 47 heavy (non-hydrogen) atoms. The van der Waals surface area contributed by atoms with Gasteiger partial charge in [-0.15, -0.1) is 0 Å². The Labute approximate surface area is 289 Å². The molecule has 0 bridgehead atoms. The maximum Gasteiger partial charge on any atom is 0.305 e. The summed E-state index contributed by atoms with van der Waals surface area (Å²) in [5.41, 5.74) is -0.109. The molecule has 4 aliphatic rings. The molecule has 5 heteroatoms. The highest BCUT2D eigenvalue weighted by Gasteiger charge is 2.65. The summed E-state index contributed by atoms with van der Waals surface area (Å²) in [6.07, 6.45) is 28.1. The molecular formula is C42H76O5. The van der Waals surface area contributed by atoms with Gasteiger partial charge < -0.3 is 20.1 Å². The molecule has 4 rings (SSSR count). The third-order valence-electron chi connectivity index (χ3n) is 14.6. The summed E-state index contributed by atoms with van der Waals surface area (Å²) >= 11 is 0. The normalized spacial score (nSPS) is 37.2. The summed E-state index contributed by atoms with van der Waals surface area (Å²) in [6.45, 7) is 9.80. The zero-order valence-corrected chi connectivity index (χ0v) is 31.2. The van der Waals surface area contributed by atoms with Crippen LogP contribution < -0.4 is 0 Å². The van der Waals surface area contributed by atoms with E-state index >= 15 is 0 Å². The molecule has 11 unspecified atom stereocenters. The topological polar surface area (TPSA) is 87.0 Å². The first-order valence-electron chi connectivity index (χ1n) is 20.8. The van der Waals surface area contributed by atoms with E-state index in [0.717, 1.165) is 64.2 Å². The van der Waals surface area contributed by atoms with Crippen molar-refractivity contribution < 1.29 is 24.9 Å². The third kappa shape index (κ3) is 9.99. The SMILES string of the molecule is CCCCCCCCCCCCCCCCCCOC(=O)CCC(C)C1CCC2C3C(O)CC4CC(O)CCC4(C)C3CC(O)C12C. The highest BCUT2D eigenvalue weighted by Crippen LogP contribution is 2.68. The maximum atomic E-state index is 12.7. The maximum absolute atomic E-state index is 12.7. The van der Waals surface area contributed by atoms with Crippen molar-refractivity contribution in [3.63, 3.8) is 0 Å². The molecule has 11 atom stereocenters. The van der Waals surface area contributed by atoms with Gasteiger partial charge in [-0.3, -0.25) is 4.79 Å². The van der Waals surface area contributed by atoms with Crippen LogP contribution in [0.5, 0.6) is 0 Å². The van der Waals surface area contributed by atoms with Crippen molar-refractivity contribution in [3.05, 3.63) is 0 Å². The first-order chi connectivity index (χ1) is 22.6. The van der Waals surface area contributed by atoms with Gasteiger partial charge in [0.25, 0.3) is 0 Å². The van der Waals surface area contributed by atoms with E-state index in [1.165, 1.54) is 89.9 Å². The smallest absolute Gasteiger partial charge is 0.305 e. The average molecular weight is 661 g/mol. The van der Waals surface area contributed by atoms with Crippen molar-refractivity contribution in [3.8, 4) is 0 Å². The summed E-state index contributed by atoms with van der Waals surface area (Å²) in [5.74, 6) is 1.87. The van der Waals surface area contributed by atoms with Crippen LogP contribution in [0.25, 0.3) is 0 Å². The Morgan fingerprint density at radius 1 is 0.745 bits per heavy atom. The fraction of sp³-hybridized carbons (Fsp3) is 0.976. The second-order valence-corrected chi connectivity index (χ2v) is 17.6. The Hall–Kier alpha value is -0.650. The average Bonchev–Trinajstić information content (AvgIpc) is 3.41. The molecule has 0 saturated heterocycles. The van der Waals surface area contributed by atoms with Gasteiger partial charge in [0.15, 0.2) is 0 Å². The van der Waals surface area contributed by atoms with E-state index < -0.39 is 0 Å². The van der Waals surface area contributed by atoms with Gasteiger partial charge in [0.2, 0.25) is 0 Å². The molecule has 4 aliphatic carbocycles. The number of rotatable bonds is 21. The Morgan fingerprint density at radius 3 is 1.91 bits per heavy atom. The number of ether oxygens (including phenoxy) is 1. The minimum absolute atomic E-state index is 0.0667. The van der Waals surface area contributed by atoms with Crippen molar-refractivity contribution in [2.45, 2.75) is 207 Å². The fourth-order valence-electron chi connectivity index (χ4n) is 11.6. The van der Waals surface area contributed by atoms with Crippen LogP contribution in [-0.2, 0) is 9.53 Å². The molecule has 5 nitrogen and oxygen atoms in total. The van der Waals surface area contributed by atoms with E-state index in [1.54, 1.807) is 0 Å². The summed E-state index contributed by atoms with van der Waals surface area (Å²) in [6, 6.07) is 0. The zero-order valence-electron chi connectivity index (χ0n) is 31.2. The van der Waals surface area contributed by atoms with Crippen LogP contribution in [0.2, 0.25) is 0 Å². The molecule has 0 radical (unpaired) electrons. The molecule has 0 heterocycles. The van der Waals surface area contributed by atoms with Crippen LogP contribution in [0, 0.1) is 46.3 Å². The van der Waals surface area contributed by atoms with Crippen molar-refractivity contribution in [1.29, 1.82) is 0 Å².